The molecule has 0 aromatic heterocycles. The number of rotatable bonds is 4. The van der Waals surface area contributed by atoms with Crippen LogP contribution in [-0.4, -0.2) is 21.3 Å². The zero-order valence-electron chi connectivity index (χ0n) is 14.3. The molecule has 0 radical (unpaired) electrons. The predicted molar refractivity (Wildman–Crippen MR) is 98.5 cm³/mol. The van der Waals surface area contributed by atoms with Gasteiger partial charge in [0, 0.05) is 10.9 Å². The van der Waals surface area contributed by atoms with Gasteiger partial charge in [0.25, 0.3) is 0 Å². The van der Waals surface area contributed by atoms with Gasteiger partial charge in [-0.15, -0.1) is 0 Å². The van der Waals surface area contributed by atoms with Crippen LogP contribution in [0.15, 0.2) is 48.5 Å². The Kier molecular flexibility index (Phi) is 3.73. The minimum absolute atomic E-state index is 0.563. The number of hydrogen-bond donors (Lipinski definition) is 0. The van der Waals surface area contributed by atoms with Crippen LogP contribution in [0.5, 0.6) is 23.0 Å². The Morgan fingerprint density at radius 2 is 1.48 bits per heavy atom. The van der Waals surface area contributed by atoms with E-state index in [1.807, 2.05) is 30.3 Å². The first-order valence-corrected chi connectivity index (χ1v) is 7.97. The van der Waals surface area contributed by atoms with Crippen LogP contribution in [0.1, 0.15) is 11.1 Å². The van der Waals surface area contributed by atoms with Crippen molar-refractivity contribution in [3.63, 3.8) is 0 Å². The van der Waals surface area contributed by atoms with E-state index in [-0.39, 0.29) is 0 Å². The highest BCUT2D eigenvalue weighted by atomic mass is 16.5. The van der Waals surface area contributed by atoms with Gasteiger partial charge in [-0.1, -0.05) is 30.3 Å². The molecule has 25 heavy (non-hydrogen) atoms. The Labute approximate surface area is 146 Å². The van der Waals surface area contributed by atoms with E-state index in [4.69, 9.17) is 18.9 Å². The molecule has 4 nitrogen and oxygen atoms in total. The van der Waals surface area contributed by atoms with Crippen LogP contribution >= 0.6 is 0 Å². The van der Waals surface area contributed by atoms with E-state index in [1.54, 1.807) is 21.3 Å². The lowest BCUT2D eigenvalue weighted by Gasteiger charge is -2.20. The average molecular weight is 334 g/mol. The lowest BCUT2D eigenvalue weighted by molar-refractivity contribution is 0.324. The first kappa shape index (κ1) is 15.4. The number of methoxy groups -OCH3 is 3. The Bertz CT molecular complexity index is 958. The van der Waals surface area contributed by atoms with Crippen molar-refractivity contribution in [3.8, 4) is 23.0 Å². The van der Waals surface area contributed by atoms with Gasteiger partial charge in [0.15, 0.2) is 11.5 Å². The fourth-order valence-corrected chi connectivity index (χ4v) is 3.19. The monoisotopic (exact) mass is 334 g/mol. The Balaban J connectivity index is 1.89. The molecule has 0 saturated heterocycles. The highest BCUT2D eigenvalue weighted by Gasteiger charge is 2.20. The molecule has 3 aromatic rings. The molecule has 0 fully saturated rings. The smallest absolute Gasteiger partial charge is 0.203 e. The molecule has 3 aromatic carbocycles. The quantitative estimate of drug-likeness (QED) is 0.689. The van der Waals surface area contributed by atoms with E-state index in [0.717, 1.165) is 33.4 Å². The van der Waals surface area contributed by atoms with Gasteiger partial charge < -0.3 is 18.9 Å². The third kappa shape index (κ3) is 2.47. The first-order chi connectivity index (χ1) is 12.2. The lowest BCUT2D eigenvalue weighted by Crippen LogP contribution is -2.03. The third-order valence-corrected chi connectivity index (χ3v) is 4.35. The Hall–Kier alpha value is -3.14. The van der Waals surface area contributed by atoms with Crippen molar-refractivity contribution in [1.29, 1.82) is 0 Å². The maximum atomic E-state index is 6.17. The van der Waals surface area contributed by atoms with E-state index >= 15 is 0 Å². The van der Waals surface area contributed by atoms with Crippen LogP contribution in [-0.2, 0) is 0 Å². The molecule has 4 rings (SSSR count). The summed E-state index contributed by atoms with van der Waals surface area (Å²) in [5.74, 6) is 3.34. The van der Waals surface area contributed by atoms with Gasteiger partial charge in [-0.2, -0.15) is 0 Å². The van der Waals surface area contributed by atoms with Gasteiger partial charge in [-0.25, -0.2) is 0 Å². The van der Waals surface area contributed by atoms with Crippen LogP contribution in [0.3, 0.4) is 0 Å². The van der Waals surface area contributed by atoms with E-state index in [9.17, 15) is 0 Å². The topological polar surface area (TPSA) is 36.9 Å². The molecule has 0 unspecified atom stereocenters. The second kappa shape index (κ2) is 6.06. The molecule has 0 amide bonds. The van der Waals surface area contributed by atoms with E-state index < -0.39 is 0 Å². The largest absolute Gasteiger partial charge is 0.493 e. The fourth-order valence-electron chi connectivity index (χ4n) is 3.19. The maximum Gasteiger partial charge on any atom is 0.203 e. The molecular weight excluding hydrogens is 316 g/mol. The van der Waals surface area contributed by atoms with Gasteiger partial charge in [-0.05, 0) is 35.2 Å². The maximum absolute atomic E-state index is 6.17. The molecule has 0 aliphatic carbocycles. The van der Waals surface area contributed by atoms with E-state index in [1.165, 1.54) is 0 Å². The van der Waals surface area contributed by atoms with Gasteiger partial charge >= 0.3 is 0 Å². The van der Waals surface area contributed by atoms with Crippen molar-refractivity contribution >= 4 is 22.6 Å². The molecule has 0 atom stereocenters. The summed E-state index contributed by atoms with van der Waals surface area (Å²) in [6, 6.07) is 16.1. The Morgan fingerprint density at radius 1 is 0.800 bits per heavy atom. The standard InChI is InChI=1S/C21H18O4/c1-22-18-11-15(12-19(23-2)21(18)24-3)17-10-14-8-4-6-13-7-5-9-16(25-17)20(13)14/h4-12H,1-3H3. The molecule has 0 spiro atoms. The SMILES string of the molecule is COc1cc(C2=Cc3cccc4cccc(c34)O2)cc(OC)c1OC. The minimum Gasteiger partial charge on any atom is -0.493 e. The molecule has 0 saturated carbocycles. The zero-order valence-corrected chi connectivity index (χ0v) is 14.3. The number of hydrogen-bond acceptors (Lipinski definition) is 4. The van der Waals surface area contributed by atoms with Gasteiger partial charge in [0.2, 0.25) is 5.75 Å². The summed E-state index contributed by atoms with van der Waals surface area (Å²) < 4.78 is 22.5. The van der Waals surface area contributed by atoms with Crippen molar-refractivity contribution < 1.29 is 18.9 Å². The molecule has 0 bridgehead atoms. The number of ether oxygens (including phenoxy) is 4. The van der Waals surface area contributed by atoms with Crippen LogP contribution in [0.25, 0.3) is 22.6 Å². The second-order valence-corrected chi connectivity index (χ2v) is 5.73. The highest BCUT2D eigenvalue weighted by molar-refractivity contribution is 6.01. The van der Waals surface area contributed by atoms with Crippen molar-refractivity contribution in [2.75, 3.05) is 21.3 Å². The van der Waals surface area contributed by atoms with Crippen LogP contribution in [0.4, 0.5) is 0 Å². The summed E-state index contributed by atoms with van der Waals surface area (Å²) in [5.41, 5.74) is 1.99. The van der Waals surface area contributed by atoms with Crippen molar-refractivity contribution in [3.05, 3.63) is 59.7 Å². The highest BCUT2D eigenvalue weighted by Crippen LogP contribution is 2.43. The normalized spacial score (nSPS) is 12.4. The zero-order chi connectivity index (χ0) is 17.4. The summed E-state index contributed by atoms with van der Waals surface area (Å²) in [5, 5.41) is 2.29. The van der Waals surface area contributed by atoms with Gasteiger partial charge in [0.1, 0.15) is 11.5 Å². The second-order valence-electron chi connectivity index (χ2n) is 5.73. The summed E-state index contributed by atoms with van der Waals surface area (Å²) in [7, 11) is 4.80. The summed E-state index contributed by atoms with van der Waals surface area (Å²) in [4.78, 5) is 0. The van der Waals surface area contributed by atoms with Gasteiger partial charge in [-0.3, -0.25) is 0 Å². The molecular formula is C21H18O4. The van der Waals surface area contributed by atoms with Crippen molar-refractivity contribution in [1.82, 2.24) is 0 Å². The summed E-state index contributed by atoms with van der Waals surface area (Å²) in [6.45, 7) is 0. The lowest BCUT2D eigenvalue weighted by atomic mass is 9.99. The summed E-state index contributed by atoms with van der Waals surface area (Å²) >= 11 is 0. The first-order valence-electron chi connectivity index (χ1n) is 7.97. The van der Waals surface area contributed by atoms with E-state index in [0.29, 0.717) is 17.2 Å². The molecule has 1 heterocycles. The fraction of sp³-hybridized carbons (Fsp3) is 0.143. The molecule has 0 N–H and O–H groups in total. The van der Waals surface area contributed by atoms with Crippen LogP contribution in [0, 0.1) is 0 Å². The van der Waals surface area contributed by atoms with Crippen LogP contribution < -0.4 is 18.9 Å². The van der Waals surface area contributed by atoms with Gasteiger partial charge in [0.05, 0.1) is 21.3 Å². The summed E-state index contributed by atoms with van der Waals surface area (Å²) in [6.07, 6.45) is 2.04. The average Bonchev–Trinajstić information content (AvgIpc) is 2.67. The van der Waals surface area contributed by atoms with Crippen molar-refractivity contribution in [2.24, 2.45) is 0 Å². The van der Waals surface area contributed by atoms with E-state index in [2.05, 4.69) is 24.3 Å². The Morgan fingerprint density at radius 3 is 2.12 bits per heavy atom. The molecule has 1 aliphatic heterocycles. The predicted octanol–water partition coefficient (Wildman–Crippen LogP) is 4.76. The number of benzene rings is 3. The minimum atomic E-state index is 0.563. The molecule has 1 aliphatic rings. The van der Waals surface area contributed by atoms with Crippen LogP contribution in [0.2, 0.25) is 0 Å². The van der Waals surface area contributed by atoms with Crippen molar-refractivity contribution in [2.45, 2.75) is 0 Å². The molecule has 126 valence electrons. The molecule has 4 heteroatoms. The third-order valence-electron chi connectivity index (χ3n) is 4.35.